The normalized spacial score (nSPS) is 10.5. The first kappa shape index (κ1) is 14.8. The summed E-state index contributed by atoms with van der Waals surface area (Å²) in [7, 11) is 1.48. The summed E-state index contributed by atoms with van der Waals surface area (Å²) in [4.78, 5) is 19.7. The van der Waals surface area contributed by atoms with Crippen molar-refractivity contribution in [2.75, 3.05) is 12.4 Å². The zero-order valence-electron chi connectivity index (χ0n) is 12.7. The molecule has 6 heteroatoms. The number of phenols is 1. The summed E-state index contributed by atoms with van der Waals surface area (Å²) in [5.41, 5.74) is 2.04. The molecule has 0 unspecified atom stereocenters. The highest BCUT2D eigenvalue weighted by molar-refractivity contribution is 5.95. The number of nitrogens with zero attached hydrogens (tertiary/aromatic N) is 2. The van der Waals surface area contributed by atoms with Crippen molar-refractivity contribution >= 4 is 28.2 Å². The number of aromatic hydroxyl groups is 1. The SMILES string of the molecule is COc1cc2c(Nc3ccc(C(C)=O)cc3)ncnc2cc1O. The average Bonchev–Trinajstić information content (AvgIpc) is 2.55. The molecule has 0 aliphatic heterocycles. The lowest BCUT2D eigenvalue weighted by molar-refractivity contribution is 0.101. The van der Waals surface area contributed by atoms with Gasteiger partial charge in [0.25, 0.3) is 0 Å². The second-order valence-corrected chi connectivity index (χ2v) is 5.02. The summed E-state index contributed by atoms with van der Waals surface area (Å²) in [5, 5.41) is 13.7. The molecule has 0 aliphatic carbocycles. The van der Waals surface area contributed by atoms with Gasteiger partial charge in [0.05, 0.1) is 12.6 Å². The first-order valence-corrected chi connectivity index (χ1v) is 6.98. The van der Waals surface area contributed by atoms with Crippen molar-refractivity contribution in [2.45, 2.75) is 6.92 Å². The number of methoxy groups -OCH3 is 1. The van der Waals surface area contributed by atoms with E-state index in [2.05, 4.69) is 15.3 Å². The molecule has 0 radical (unpaired) electrons. The molecule has 1 aromatic heterocycles. The predicted molar refractivity (Wildman–Crippen MR) is 87.5 cm³/mol. The molecule has 6 nitrogen and oxygen atoms in total. The van der Waals surface area contributed by atoms with Crippen molar-refractivity contribution in [3.8, 4) is 11.5 Å². The van der Waals surface area contributed by atoms with Crippen LogP contribution in [0.5, 0.6) is 11.5 Å². The number of anilines is 2. The lowest BCUT2D eigenvalue weighted by Crippen LogP contribution is -1.98. The lowest BCUT2D eigenvalue weighted by Gasteiger charge is -2.10. The maximum absolute atomic E-state index is 11.3. The molecule has 2 N–H and O–H groups in total. The average molecular weight is 309 g/mol. The van der Waals surface area contributed by atoms with E-state index >= 15 is 0 Å². The molecule has 3 rings (SSSR count). The summed E-state index contributed by atoms with van der Waals surface area (Å²) in [5.74, 6) is 0.978. The van der Waals surface area contributed by atoms with Crippen molar-refractivity contribution in [2.24, 2.45) is 0 Å². The zero-order chi connectivity index (χ0) is 16.4. The molecule has 0 saturated heterocycles. The largest absolute Gasteiger partial charge is 0.504 e. The van der Waals surface area contributed by atoms with Crippen LogP contribution in [-0.4, -0.2) is 28.0 Å². The van der Waals surface area contributed by atoms with Crippen molar-refractivity contribution in [3.63, 3.8) is 0 Å². The third-order valence-electron chi connectivity index (χ3n) is 3.49. The van der Waals surface area contributed by atoms with Gasteiger partial charge in [-0.25, -0.2) is 9.97 Å². The number of fused-ring (bicyclic) bond motifs is 1. The third kappa shape index (κ3) is 2.91. The van der Waals surface area contributed by atoms with Gasteiger partial charge < -0.3 is 15.2 Å². The molecule has 0 atom stereocenters. The number of carbonyl (C=O) groups is 1. The van der Waals surface area contributed by atoms with Crippen molar-refractivity contribution < 1.29 is 14.6 Å². The van der Waals surface area contributed by atoms with E-state index in [1.807, 2.05) is 12.1 Å². The Labute approximate surface area is 132 Å². The smallest absolute Gasteiger partial charge is 0.161 e. The minimum absolute atomic E-state index is 0.0178. The summed E-state index contributed by atoms with van der Waals surface area (Å²) < 4.78 is 5.13. The number of carbonyl (C=O) groups excluding carboxylic acids is 1. The van der Waals surface area contributed by atoms with Gasteiger partial charge in [-0.1, -0.05) is 0 Å². The van der Waals surface area contributed by atoms with Gasteiger partial charge in [-0.2, -0.15) is 0 Å². The topological polar surface area (TPSA) is 84.3 Å². The van der Waals surface area contributed by atoms with Gasteiger partial charge in [-0.05, 0) is 37.3 Å². The molecule has 0 aliphatic rings. The number of ether oxygens (including phenoxy) is 1. The van der Waals surface area contributed by atoms with E-state index in [0.717, 1.165) is 11.1 Å². The Balaban J connectivity index is 2.00. The molecule has 2 aromatic carbocycles. The fourth-order valence-corrected chi connectivity index (χ4v) is 2.26. The summed E-state index contributed by atoms with van der Waals surface area (Å²) >= 11 is 0. The van der Waals surface area contributed by atoms with Crippen LogP contribution < -0.4 is 10.1 Å². The summed E-state index contributed by atoms with van der Waals surface area (Å²) in [6.45, 7) is 1.53. The van der Waals surface area contributed by atoms with Gasteiger partial charge in [0.15, 0.2) is 17.3 Å². The van der Waals surface area contributed by atoms with Gasteiger partial charge in [-0.15, -0.1) is 0 Å². The fourth-order valence-electron chi connectivity index (χ4n) is 2.26. The first-order chi connectivity index (χ1) is 11.1. The molecule has 0 fully saturated rings. The van der Waals surface area contributed by atoms with E-state index in [-0.39, 0.29) is 11.5 Å². The highest BCUT2D eigenvalue weighted by atomic mass is 16.5. The van der Waals surface area contributed by atoms with Gasteiger partial charge in [-0.3, -0.25) is 4.79 Å². The van der Waals surface area contributed by atoms with Crippen LogP contribution in [0.15, 0.2) is 42.7 Å². The number of phenolic OH excluding ortho intramolecular Hbond substituents is 1. The number of hydrogen-bond donors (Lipinski definition) is 2. The number of aromatic nitrogens is 2. The predicted octanol–water partition coefficient (Wildman–Crippen LogP) is 3.29. The van der Waals surface area contributed by atoms with E-state index in [1.54, 1.807) is 18.2 Å². The molecular weight excluding hydrogens is 294 g/mol. The van der Waals surface area contributed by atoms with E-state index in [9.17, 15) is 9.90 Å². The van der Waals surface area contributed by atoms with Crippen LogP contribution in [0.25, 0.3) is 10.9 Å². The van der Waals surface area contributed by atoms with E-state index < -0.39 is 0 Å². The maximum Gasteiger partial charge on any atom is 0.161 e. The van der Waals surface area contributed by atoms with E-state index in [1.165, 1.54) is 26.4 Å². The Hall–Kier alpha value is -3.15. The number of nitrogens with one attached hydrogen (secondary N) is 1. The summed E-state index contributed by atoms with van der Waals surface area (Å²) in [6.07, 6.45) is 1.42. The highest BCUT2D eigenvalue weighted by Gasteiger charge is 2.10. The van der Waals surface area contributed by atoms with Gasteiger partial charge in [0.1, 0.15) is 12.1 Å². The Kier molecular flexibility index (Phi) is 3.80. The van der Waals surface area contributed by atoms with Gasteiger partial charge in [0, 0.05) is 22.7 Å². The van der Waals surface area contributed by atoms with Crippen LogP contribution >= 0.6 is 0 Å². The molecule has 0 amide bonds. The number of rotatable bonds is 4. The second kappa shape index (κ2) is 5.92. The maximum atomic E-state index is 11.3. The van der Waals surface area contributed by atoms with Crippen molar-refractivity contribution in [1.82, 2.24) is 9.97 Å². The highest BCUT2D eigenvalue weighted by Crippen LogP contribution is 2.33. The van der Waals surface area contributed by atoms with Crippen LogP contribution in [-0.2, 0) is 0 Å². The molecular formula is C17H15N3O3. The molecule has 116 valence electrons. The number of benzene rings is 2. The van der Waals surface area contributed by atoms with E-state index in [4.69, 9.17) is 4.74 Å². The lowest BCUT2D eigenvalue weighted by atomic mass is 10.1. The Morgan fingerprint density at radius 3 is 2.57 bits per heavy atom. The van der Waals surface area contributed by atoms with Crippen molar-refractivity contribution in [3.05, 3.63) is 48.3 Å². The summed E-state index contributed by atoms with van der Waals surface area (Å²) in [6, 6.07) is 10.3. The molecule has 0 saturated carbocycles. The standard InChI is InChI=1S/C17H15N3O3/c1-10(21)11-3-5-12(6-4-11)20-17-13-7-16(23-2)15(22)8-14(13)18-9-19-17/h3-9,22H,1-2H3,(H,18,19,20). The van der Waals surface area contributed by atoms with Gasteiger partial charge in [0.2, 0.25) is 0 Å². The number of ketones is 1. The molecule has 3 aromatic rings. The molecule has 0 spiro atoms. The van der Waals surface area contributed by atoms with Crippen LogP contribution in [0.3, 0.4) is 0 Å². The Morgan fingerprint density at radius 1 is 1.17 bits per heavy atom. The van der Waals surface area contributed by atoms with Crippen LogP contribution in [0.2, 0.25) is 0 Å². The molecule has 0 bridgehead atoms. The Bertz CT molecular complexity index is 876. The Morgan fingerprint density at radius 2 is 1.91 bits per heavy atom. The quantitative estimate of drug-likeness (QED) is 0.719. The molecule has 23 heavy (non-hydrogen) atoms. The van der Waals surface area contributed by atoms with Crippen LogP contribution in [0, 0.1) is 0 Å². The minimum atomic E-state index is 0.0178. The number of Topliss-reactive ketones (excluding diaryl/α,β-unsaturated/α-hetero) is 1. The second-order valence-electron chi connectivity index (χ2n) is 5.02. The molecule has 1 heterocycles. The zero-order valence-corrected chi connectivity index (χ0v) is 12.7. The van der Waals surface area contributed by atoms with Gasteiger partial charge >= 0.3 is 0 Å². The minimum Gasteiger partial charge on any atom is -0.504 e. The number of hydrogen-bond acceptors (Lipinski definition) is 6. The first-order valence-electron chi connectivity index (χ1n) is 6.98. The van der Waals surface area contributed by atoms with Crippen LogP contribution in [0.1, 0.15) is 17.3 Å². The van der Waals surface area contributed by atoms with Crippen LogP contribution in [0.4, 0.5) is 11.5 Å². The van der Waals surface area contributed by atoms with E-state index in [0.29, 0.717) is 22.6 Å². The van der Waals surface area contributed by atoms with Crippen molar-refractivity contribution in [1.29, 1.82) is 0 Å². The third-order valence-corrected chi connectivity index (χ3v) is 3.49. The monoisotopic (exact) mass is 309 g/mol. The fraction of sp³-hybridized carbons (Fsp3) is 0.118.